The fraction of sp³-hybridized carbons (Fsp3) is 0.312. The lowest BCUT2D eigenvalue weighted by molar-refractivity contribution is -0.113. The highest BCUT2D eigenvalue weighted by Crippen LogP contribution is 2.41. The maximum absolute atomic E-state index is 12.1. The van der Waals surface area contributed by atoms with Crippen LogP contribution in [-0.4, -0.2) is 30.6 Å². The molecule has 7 nitrogen and oxygen atoms in total. The maximum Gasteiger partial charge on any atom is 0.328 e. The molecule has 1 N–H and O–H groups in total. The molecule has 0 saturated carbocycles. The number of fused-ring (bicyclic) bond motifs is 2. The number of hydrogen-bond acceptors (Lipinski definition) is 4. The van der Waals surface area contributed by atoms with Crippen LogP contribution in [0.3, 0.4) is 0 Å². The smallest absolute Gasteiger partial charge is 0.310 e. The van der Waals surface area contributed by atoms with E-state index in [1.807, 2.05) is 25.2 Å². The number of carbonyl (C=O) groups is 1. The number of carbonyl (C=O) groups excluding carboxylic acids is 1. The van der Waals surface area contributed by atoms with Crippen molar-refractivity contribution in [2.75, 3.05) is 11.1 Å². The Morgan fingerprint density at radius 2 is 1.92 bits per heavy atom. The van der Waals surface area contributed by atoms with Crippen molar-refractivity contribution >= 4 is 34.5 Å². The number of anilines is 1. The first-order chi connectivity index (χ1) is 11.5. The standard InChI is InChI=1S/C16H17N5O2S/c1-19-11-5-4-9(6-12(11)20(2)16(19)23)14-10-7-17-21(3)15(10)18-13(22)8-24-14/h4-7,14H,8H2,1-3H3,(H,18,22)/t14-/m0/s1. The highest BCUT2D eigenvalue weighted by atomic mass is 32.2. The number of benzene rings is 1. The molecule has 0 saturated heterocycles. The monoisotopic (exact) mass is 343 g/mol. The minimum absolute atomic E-state index is 0.00708. The summed E-state index contributed by atoms with van der Waals surface area (Å²) in [4.78, 5) is 24.1. The summed E-state index contributed by atoms with van der Waals surface area (Å²) in [5.41, 5.74) is 3.77. The molecule has 1 aromatic carbocycles. The van der Waals surface area contributed by atoms with Crippen LogP contribution in [0.4, 0.5) is 5.82 Å². The Bertz CT molecular complexity index is 1030. The first-order valence-corrected chi connectivity index (χ1v) is 8.61. The molecule has 3 heterocycles. The van der Waals surface area contributed by atoms with Crippen LogP contribution in [0.1, 0.15) is 16.4 Å². The average molecular weight is 343 g/mol. The van der Waals surface area contributed by atoms with Gasteiger partial charge in [-0.1, -0.05) is 6.07 Å². The van der Waals surface area contributed by atoms with Crippen molar-refractivity contribution in [1.82, 2.24) is 18.9 Å². The van der Waals surface area contributed by atoms with E-state index < -0.39 is 0 Å². The van der Waals surface area contributed by atoms with Gasteiger partial charge < -0.3 is 5.32 Å². The summed E-state index contributed by atoms with van der Waals surface area (Å²) >= 11 is 1.57. The third-order valence-electron chi connectivity index (χ3n) is 4.49. The van der Waals surface area contributed by atoms with Crippen LogP contribution in [0, 0.1) is 0 Å². The largest absolute Gasteiger partial charge is 0.328 e. The van der Waals surface area contributed by atoms with Gasteiger partial charge in [-0.25, -0.2) is 4.79 Å². The molecule has 1 aliphatic heterocycles. The number of amides is 1. The first kappa shape index (κ1) is 15.1. The van der Waals surface area contributed by atoms with Gasteiger partial charge in [0.1, 0.15) is 5.82 Å². The average Bonchev–Trinajstić information content (AvgIpc) is 2.95. The van der Waals surface area contributed by atoms with Gasteiger partial charge in [-0.3, -0.25) is 18.6 Å². The summed E-state index contributed by atoms with van der Waals surface area (Å²) in [5.74, 6) is 1.09. The lowest BCUT2D eigenvalue weighted by atomic mass is 10.1. The van der Waals surface area contributed by atoms with E-state index in [9.17, 15) is 9.59 Å². The van der Waals surface area contributed by atoms with Gasteiger partial charge in [-0.2, -0.15) is 5.10 Å². The van der Waals surface area contributed by atoms with Crippen LogP contribution in [0.5, 0.6) is 0 Å². The van der Waals surface area contributed by atoms with Crippen molar-refractivity contribution in [2.24, 2.45) is 21.1 Å². The Labute approximate surface area is 142 Å². The molecule has 0 aliphatic carbocycles. The number of nitrogens with one attached hydrogen (secondary N) is 1. The third kappa shape index (κ3) is 2.10. The first-order valence-electron chi connectivity index (χ1n) is 7.56. The molecule has 2 aromatic heterocycles. The normalized spacial score (nSPS) is 17.6. The lowest BCUT2D eigenvalue weighted by Crippen LogP contribution is -2.19. The quantitative estimate of drug-likeness (QED) is 0.724. The van der Waals surface area contributed by atoms with E-state index >= 15 is 0 Å². The minimum Gasteiger partial charge on any atom is -0.310 e. The summed E-state index contributed by atoms with van der Waals surface area (Å²) in [5, 5.41) is 7.18. The fourth-order valence-corrected chi connectivity index (χ4v) is 4.26. The molecule has 1 atom stereocenters. The predicted molar refractivity (Wildman–Crippen MR) is 94.3 cm³/mol. The van der Waals surface area contributed by atoms with Crippen molar-refractivity contribution in [1.29, 1.82) is 0 Å². The Morgan fingerprint density at radius 3 is 2.71 bits per heavy atom. The summed E-state index contributed by atoms with van der Waals surface area (Å²) in [7, 11) is 5.36. The molecule has 124 valence electrons. The number of hydrogen-bond donors (Lipinski definition) is 1. The number of thioether (sulfide) groups is 1. The van der Waals surface area contributed by atoms with Gasteiger partial charge in [0.15, 0.2) is 0 Å². The van der Waals surface area contributed by atoms with E-state index in [4.69, 9.17) is 0 Å². The van der Waals surface area contributed by atoms with Crippen LogP contribution in [0.15, 0.2) is 29.2 Å². The van der Waals surface area contributed by atoms with E-state index in [2.05, 4.69) is 10.4 Å². The molecule has 8 heteroatoms. The Balaban J connectivity index is 1.89. The third-order valence-corrected chi connectivity index (χ3v) is 5.78. The fourth-order valence-electron chi connectivity index (χ4n) is 3.18. The van der Waals surface area contributed by atoms with E-state index in [0.29, 0.717) is 5.75 Å². The maximum atomic E-state index is 12.1. The zero-order valence-electron chi connectivity index (χ0n) is 13.6. The molecular formula is C16H17N5O2S. The van der Waals surface area contributed by atoms with Crippen molar-refractivity contribution in [2.45, 2.75) is 5.25 Å². The van der Waals surface area contributed by atoms with E-state index in [1.54, 1.807) is 45.9 Å². The Kier molecular flexibility index (Phi) is 3.31. The zero-order valence-corrected chi connectivity index (χ0v) is 14.4. The number of nitrogens with zero attached hydrogens (tertiary/aromatic N) is 4. The Hall–Kier alpha value is -2.48. The zero-order chi connectivity index (χ0) is 17.0. The highest BCUT2D eigenvalue weighted by molar-refractivity contribution is 8.00. The van der Waals surface area contributed by atoms with E-state index in [0.717, 1.165) is 28.0 Å². The molecule has 3 aromatic rings. The summed E-state index contributed by atoms with van der Waals surface area (Å²) in [6.07, 6.45) is 1.80. The van der Waals surface area contributed by atoms with Crippen LogP contribution < -0.4 is 11.0 Å². The van der Waals surface area contributed by atoms with Crippen LogP contribution in [-0.2, 0) is 25.9 Å². The van der Waals surface area contributed by atoms with Gasteiger partial charge in [-0.15, -0.1) is 11.8 Å². The minimum atomic E-state index is -0.0467. The molecule has 0 spiro atoms. The predicted octanol–water partition coefficient (Wildman–Crippen LogP) is 1.39. The molecule has 0 unspecified atom stereocenters. The lowest BCUT2D eigenvalue weighted by Gasteiger charge is -2.14. The van der Waals surface area contributed by atoms with Gasteiger partial charge in [0.2, 0.25) is 5.91 Å². The van der Waals surface area contributed by atoms with Gasteiger partial charge >= 0.3 is 5.69 Å². The van der Waals surface area contributed by atoms with Crippen LogP contribution in [0.25, 0.3) is 11.0 Å². The van der Waals surface area contributed by atoms with Crippen LogP contribution in [0.2, 0.25) is 0 Å². The van der Waals surface area contributed by atoms with Gasteiger partial charge in [0.05, 0.1) is 28.2 Å². The topological polar surface area (TPSA) is 73.8 Å². The molecule has 24 heavy (non-hydrogen) atoms. The second kappa shape index (κ2) is 5.27. The molecule has 0 bridgehead atoms. The second-order valence-electron chi connectivity index (χ2n) is 5.96. The molecule has 0 radical (unpaired) electrons. The molecule has 4 rings (SSSR count). The second-order valence-corrected chi connectivity index (χ2v) is 7.05. The molecule has 1 aliphatic rings. The molecule has 1 amide bonds. The SMILES string of the molecule is Cn1ncc2c1NC(=O)CS[C@H]2c1ccc2c(c1)n(C)c(=O)n2C. The number of aryl methyl sites for hydroxylation is 3. The van der Waals surface area contributed by atoms with Crippen molar-refractivity contribution in [3.05, 3.63) is 46.0 Å². The van der Waals surface area contributed by atoms with E-state index in [-0.39, 0.29) is 16.8 Å². The van der Waals surface area contributed by atoms with Gasteiger partial charge in [0, 0.05) is 26.7 Å². The van der Waals surface area contributed by atoms with Crippen LogP contribution >= 0.6 is 11.8 Å². The summed E-state index contributed by atoms with van der Waals surface area (Å²) < 4.78 is 4.97. The van der Waals surface area contributed by atoms with E-state index in [1.165, 1.54) is 0 Å². The van der Waals surface area contributed by atoms with Gasteiger partial charge in [-0.05, 0) is 17.7 Å². The van der Waals surface area contributed by atoms with Gasteiger partial charge in [0.25, 0.3) is 0 Å². The van der Waals surface area contributed by atoms with Crippen molar-refractivity contribution < 1.29 is 4.79 Å². The Morgan fingerprint density at radius 1 is 1.17 bits per heavy atom. The number of aromatic nitrogens is 4. The van der Waals surface area contributed by atoms with Crippen molar-refractivity contribution in [3.63, 3.8) is 0 Å². The summed E-state index contributed by atoms with van der Waals surface area (Å²) in [6, 6.07) is 6.01. The van der Waals surface area contributed by atoms with Crippen molar-refractivity contribution in [3.8, 4) is 0 Å². The number of rotatable bonds is 1. The molecular weight excluding hydrogens is 326 g/mol. The summed E-state index contributed by atoms with van der Waals surface area (Å²) in [6.45, 7) is 0. The highest BCUT2D eigenvalue weighted by Gasteiger charge is 2.27. The number of imidazole rings is 1. The molecule has 0 fully saturated rings.